The number of hydrogen-bond acceptors (Lipinski definition) is 2. The van der Waals surface area contributed by atoms with Crippen LogP contribution >= 0.6 is 0 Å². The molecule has 0 aliphatic rings. The summed E-state index contributed by atoms with van der Waals surface area (Å²) in [6.07, 6.45) is 8.59. The molecule has 0 bridgehead atoms. The van der Waals surface area contributed by atoms with Gasteiger partial charge in [-0.1, -0.05) is 33.1 Å². The van der Waals surface area contributed by atoms with E-state index in [1.807, 2.05) is 12.4 Å². The van der Waals surface area contributed by atoms with Gasteiger partial charge in [-0.3, -0.25) is 4.98 Å². The molecule has 0 spiro atoms. The zero-order chi connectivity index (χ0) is 11.1. The molecule has 2 atom stereocenters. The van der Waals surface area contributed by atoms with Gasteiger partial charge in [-0.05, 0) is 30.0 Å². The van der Waals surface area contributed by atoms with Crippen molar-refractivity contribution in [1.82, 2.24) is 4.98 Å². The third kappa shape index (κ3) is 4.00. The van der Waals surface area contributed by atoms with Crippen LogP contribution in [-0.2, 0) is 0 Å². The highest BCUT2D eigenvalue weighted by atomic mass is 14.6. The summed E-state index contributed by atoms with van der Waals surface area (Å²) in [5.41, 5.74) is 7.47. The van der Waals surface area contributed by atoms with Crippen molar-refractivity contribution in [2.75, 3.05) is 0 Å². The van der Waals surface area contributed by atoms with Crippen LogP contribution in [0.4, 0.5) is 0 Å². The van der Waals surface area contributed by atoms with E-state index in [1.54, 1.807) is 0 Å². The molecule has 2 unspecified atom stereocenters. The third-order valence-electron chi connectivity index (χ3n) is 3.02. The van der Waals surface area contributed by atoms with Crippen molar-refractivity contribution in [3.05, 3.63) is 30.1 Å². The van der Waals surface area contributed by atoms with Gasteiger partial charge in [0.15, 0.2) is 0 Å². The van der Waals surface area contributed by atoms with Gasteiger partial charge in [0.05, 0.1) is 0 Å². The van der Waals surface area contributed by atoms with Crippen LogP contribution in [0.25, 0.3) is 0 Å². The fraction of sp³-hybridized carbons (Fsp3) is 0.615. The van der Waals surface area contributed by atoms with Crippen LogP contribution < -0.4 is 5.73 Å². The molecule has 1 heterocycles. The summed E-state index contributed by atoms with van der Waals surface area (Å²) in [7, 11) is 0. The summed E-state index contributed by atoms with van der Waals surface area (Å²) in [6.45, 7) is 4.42. The van der Waals surface area contributed by atoms with Crippen LogP contribution in [-0.4, -0.2) is 11.0 Å². The third-order valence-corrected chi connectivity index (χ3v) is 3.02. The van der Waals surface area contributed by atoms with Crippen LogP contribution in [0.5, 0.6) is 0 Å². The lowest BCUT2D eigenvalue weighted by Gasteiger charge is -2.19. The molecule has 0 aliphatic heterocycles. The normalized spacial score (nSPS) is 14.9. The van der Waals surface area contributed by atoms with Crippen LogP contribution in [0.3, 0.4) is 0 Å². The highest BCUT2D eigenvalue weighted by Gasteiger charge is 2.13. The van der Waals surface area contributed by atoms with Gasteiger partial charge in [0.2, 0.25) is 0 Å². The van der Waals surface area contributed by atoms with Gasteiger partial charge in [0.1, 0.15) is 0 Å². The Morgan fingerprint density at radius 1 is 1.27 bits per heavy atom. The highest BCUT2D eigenvalue weighted by Crippen LogP contribution is 2.20. The molecule has 0 saturated carbocycles. The molecule has 1 rings (SSSR count). The van der Waals surface area contributed by atoms with Crippen molar-refractivity contribution in [3.63, 3.8) is 0 Å². The van der Waals surface area contributed by atoms with Gasteiger partial charge in [-0.2, -0.15) is 0 Å². The number of nitrogens with two attached hydrogens (primary N) is 1. The predicted octanol–water partition coefficient (Wildman–Crippen LogP) is 3.09. The van der Waals surface area contributed by atoms with Gasteiger partial charge >= 0.3 is 0 Å². The maximum absolute atomic E-state index is 6.17. The molecule has 1 aromatic rings. The number of aromatic nitrogens is 1. The minimum Gasteiger partial charge on any atom is -0.327 e. The molecule has 2 N–H and O–H groups in total. The average molecular weight is 206 g/mol. The number of nitrogens with zero attached hydrogens (tertiary/aromatic N) is 1. The smallest absolute Gasteiger partial charge is 0.0270 e. The number of unbranched alkanes of at least 4 members (excludes halogenated alkanes) is 2. The minimum atomic E-state index is 0.277. The Bertz CT molecular complexity index is 258. The van der Waals surface area contributed by atoms with Crippen molar-refractivity contribution >= 4 is 0 Å². The zero-order valence-electron chi connectivity index (χ0n) is 9.82. The Kier molecular flexibility index (Phi) is 5.33. The quantitative estimate of drug-likeness (QED) is 0.726. The number of hydrogen-bond donors (Lipinski definition) is 1. The average Bonchev–Trinajstić information content (AvgIpc) is 2.29. The first-order chi connectivity index (χ1) is 7.25. The summed E-state index contributed by atoms with van der Waals surface area (Å²) in [5, 5.41) is 0. The molecular weight excluding hydrogens is 184 g/mol. The predicted molar refractivity (Wildman–Crippen MR) is 64.8 cm³/mol. The van der Waals surface area contributed by atoms with Crippen molar-refractivity contribution in [1.29, 1.82) is 0 Å². The molecule has 0 fully saturated rings. The minimum absolute atomic E-state index is 0.277. The molecule has 2 heteroatoms. The fourth-order valence-electron chi connectivity index (χ4n) is 1.79. The molecule has 0 aliphatic carbocycles. The topological polar surface area (TPSA) is 38.9 Å². The summed E-state index contributed by atoms with van der Waals surface area (Å²) in [4.78, 5) is 4.02. The van der Waals surface area contributed by atoms with E-state index in [1.165, 1.54) is 24.8 Å². The Morgan fingerprint density at radius 2 is 1.93 bits per heavy atom. The second kappa shape index (κ2) is 6.57. The first-order valence-electron chi connectivity index (χ1n) is 5.91. The van der Waals surface area contributed by atoms with E-state index < -0.39 is 0 Å². The number of rotatable bonds is 6. The lowest BCUT2D eigenvalue weighted by Crippen LogP contribution is -2.26. The van der Waals surface area contributed by atoms with Crippen molar-refractivity contribution in [2.45, 2.75) is 51.5 Å². The molecular formula is C13H22N2. The van der Waals surface area contributed by atoms with E-state index in [-0.39, 0.29) is 6.04 Å². The monoisotopic (exact) mass is 206 g/mol. The second-order valence-corrected chi connectivity index (χ2v) is 4.23. The van der Waals surface area contributed by atoms with Crippen LogP contribution in [0, 0.1) is 0 Å². The largest absolute Gasteiger partial charge is 0.327 e. The first-order valence-corrected chi connectivity index (χ1v) is 5.91. The van der Waals surface area contributed by atoms with Crippen molar-refractivity contribution in [3.8, 4) is 0 Å². The summed E-state index contributed by atoms with van der Waals surface area (Å²) >= 11 is 0. The van der Waals surface area contributed by atoms with E-state index in [0.717, 1.165) is 6.42 Å². The first kappa shape index (κ1) is 12.2. The van der Waals surface area contributed by atoms with E-state index in [4.69, 9.17) is 5.73 Å². The Balaban J connectivity index is 2.42. The molecule has 0 radical (unpaired) electrons. The molecule has 0 aromatic carbocycles. The lowest BCUT2D eigenvalue weighted by atomic mass is 9.91. The molecule has 0 amide bonds. The molecule has 15 heavy (non-hydrogen) atoms. The maximum atomic E-state index is 6.17. The van der Waals surface area contributed by atoms with Crippen molar-refractivity contribution in [2.24, 2.45) is 5.73 Å². The standard InChI is InChI=1S/C13H22N2/c1-3-4-5-6-13(14)11(2)12-7-9-15-10-8-12/h7-11,13H,3-6,14H2,1-2H3. The fourth-order valence-corrected chi connectivity index (χ4v) is 1.79. The molecule has 0 saturated heterocycles. The summed E-state index contributed by atoms with van der Waals surface area (Å²) < 4.78 is 0. The van der Waals surface area contributed by atoms with E-state index in [9.17, 15) is 0 Å². The summed E-state index contributed by atoms with van der Waals surface area (Å²) in [6, 6.07) is 4.40. The van der Waals surface area contributed by atoms with E-state index >= 15 is 0 Å². The molecule has 84 valence electrons. The van der Waals surface area contributed by atoms with Gasteiger partial charge in [0, 0.05) is 18.4 Å². The van der Waals surface area contributed by atoms with Gasteiger partial charge in [-0.25, -0.2) is 0 Å². The van der Waals surface area contributed by atoms with Crippen molar-refractivity contribution < 1.29 is 0 Å². The SMILES string of the molecule is CCCCCC(N)C(C)c1ccncc1. The van der Waals surface area contributed by atoms with Crippen LogP contribution in [0.15, 0.2) is 24.5 Å². The van der Waals surface area contributed by atoms with Crippen LogP contribution in [0.1, 0.15) is 51.0 Å². The number of pyridine rings is 1. The Morgan fingerprint density at radius 3 is 2.53 bits per heavy atom. The lowest BCUT2D eigenvalue weighted by molar-refractivity contribution is 0.498. The Labute approximate surface area is 92.9 Å². The highest BCUT2D eigenvalue weighted by molar-refractivity contribution is 5.16. The van der Waals surface area contributed by atoms with Gasteiger partial charge in [0.25, 0.3) is 0 Å². The molecule has 2 nitrogen and oxygen atoms in total. The zero-order valence-corrected chi connectivity index (χ0v) is 9.82. The van der Waals surface area contributed by atoms with E-state index in [0.29, 0.717) is 5.92 Å². The van der Waals surface area contributed by atoms with Gasteiger partial charge < -0.3 is 5.73 Å². The maximum Gasteiger partial charge on any atom is 0.0270 e. The van der Waals surface area contributed by atoms with Gasteiger partial charge in [-0.15, -0.1) is 0 Å². The van der Waals surface area contributed by atoms with Crippen LogP contribution in [0.2, 0.25) is 0 Å². The second-order valence-electron chi connectivity index (χ2n) is 4.23. The Hall–Kier alpha value is -0.890. The van der Waals surface area contributed by atoms with E-state index in [2.05, 4.69) is 31.0 Å². The molecule has 1 aromatic heterocycles. The summed E-state index contributed by atoms with van der Waals surface area (Å²) in [5.74, 6) is 0.435.